The molecule has 0 spiro atoms. The zero-order valence-corrected chi connectivity index (χ0v) is 22.4. The number of thioether (sulfide) groups is 1. The van der Waals surface area contributed by atoms with E-state index in [9.17, 15) is 14.4 Å². The molecule has 0 saturated carbocycles. The molecular formula is C30H31NO6S. The molecule has 8 heteroatoms. The highest BCUT2D eigenvalue weighted by atomic mass is 32.2. The van der Waals surface area contributed by atoms with E-state index in [-0.39, 0.29) is 17.7 Å². The smallest absolute Gasteiger partial charge is 0.335 e. The van der Waals surface area contributed by atoms with Gasteiger partial charge in [-0.25, -0.2) is 4.79 Å². The van der Waals surface area contributed by atoms with E-state index >= 15 is 0 Å². The predicted molar refractivity (Wildman–Crippen MR) is 147 cm³/mol. The van der Waals surface area contributed by atoms with Gasteiger partial charge in [0.05, 0.1) is 24.6 Å². The van der Waals surface area contributed by atoms with Crippen LogP contribution in [0.4, 0.5) is 5.69 Å². The van der Waals surface area contributed by atoms with Crippen molar-refractivity contribution in [3.8, 4) is 5.75 Å². The lowest BCUT2D eigenvalue weighted by atomic mass is 10.0. The van der Waals surface area contributed by atoms with Crippen molar-refractivity contribution in [2.45, 2.75) is 31.3 Å². The molecule has 3 aromatic carbocycles. The Kier molecular flexibility index (Phi) is 9.56. The summed E-state index contributed by atoms with van der Waals surface area (Å²) in [7, 11) is 0. The molecule has 0 saturated heterocycles. The highest BCUT2D eigenvalue weighted by molar-refractivity contribution is 8.00. The van der Waals surface area contributed by atoms with Gasteiger partial charge in [-0.15, -0.1) is 11.8 Å². The topological polar surface area (TPSA) is 82.1 Å². The fourth-order valence-electron chi connectivity index (χ4n) is 4.18. The van der Waals surface area contributed by atoms with Crippen LogP contribution in [0.1, 0.15) is 35.3 Å². The van der Waals surface area contributed by atoms with Crippen LogP contribution in [0.2, 0.25) is 0 Å². The number of hydrogen-bond acceptors (Lipinski definition) is 7. The standard InChI is InChI=1S/C30H31NO6S/c1-3-35-26(30(34)36-4-2)18-21-10-13-24(14-11-21)37-17-16-31-25-15-12-23(19-27(25)38-20-28(31)32)29(33)22-8-6-5-7-9-22/h5-15,19,26H,3-4,16-18,20H2,1-2H3. The van der Waals surface area contributed by atoms with E-state index in [1.54, 1.807) is 30.0 Å². The van der Waals surface area contributed by atoms with Crippen LogP contribution >= 0.6 is 11.8 Å². The van der Waals surface area contributed by atoms with E-state index in [2.05, 4.69) is 0 Å². The van der Waals surface area contributed by atoms with Crippen molar-refractivity contribution in [2.75, 3.05) is 37.0 Å². The second kappa shape index (κ2) is 13.3. The fourth-order valence-corrected chi connectivity index (χ4v) is 5.16. The lowest BCUT2D eigenvalue weighted by Gasteiger charge is -2.29. The summed E-state index contributed by atoms with van der Waals surface area (Å²) in [6.07, 6.45) is -0.225. The highest BCUT2D eigenvalue weighted by Crippen LogP contribution is 2.36. The third-order valence-corrected chi connectivity index (χ3v) is 7.08. The summed E-state index contributed by atoms with van der Waals surface area (Å²) in [5.74, 6) is 0.576. The number of carbonyl (C=O) groups is 3. The van der Waals surface area contributed by atoms with Gasteiger partial charge in [0.25, 0.3) is 0 Å². The van der Waals surface area contributed by atoms with Gasteiger partial charge in [-0.2, -0.15) is 0 Å². The van der Waals surface area contributed by atoms with E-state index in [4.69, 9.17) is 14.2 Å². The molecule has 0 aromatic heterocycles. The molecule has 198 valence electrons. The number of esters is 1. The number of rotatable bonds is 12. The number of carbonyl (C=O) groups excluding carboxylic acids is 3. The molecule has 0 bridgehead atoms. The summed E-state index contributed by atoms with van der Waals surface area (Å²) in [5, 5.41) is 0. The van der Waals surface area contributed by atoms with Crippen LogP contribution in [0.15, 0.2) is 77.7 Å². The number of nitrogens with zero attached hydrogens (tertiary/aromatic N) is 1. The lowest BCUT2D eigenvalue weighted by Crippen LogP contribution is -2.38. The van der Waals surface area contributed by atoms with Gasteiger partial charge in [0, 0.05) is 29.1 Å². The second-order valence-electron chi connectivity index (χ2n) is 8.60. The van der Waals surface area contributed by atoms with Gasteiger partial charge in [0.15, 0.2) is 11.9 Å². The Balaban J connectivity index is 1.36. The van der Waals surface area contributed by atoms with E-state index in [1.807, 2.05) is 61.5 Å². The molecule has 1 heterocycles. The Labute approximate surface area is 227 Å². The Bertz CT molecular complexity index is 1260. The SMILES string of the molecule is CCOC(=O)C(Cc1ccc(OCCN2C(=O)CSc3cc(C(=O)c4ccccc4)ccc32)cc1)OCC. The molecule has 1 atom stereocenters. The minimum absolute atomic E-state index is 0.00418. The first-order valence-corrected chi connectivity index (χ1v) is 13.7. The monoisotopic (exact) mass is 533 g/mol. The molecule has 1 unspecified atom stereocenters. The lowest BCUT2D eigenvalue weighted by molar-refractivity contribution is -0.156. The predicted octanol–water partition coefficient (Wildman–Crippen LogP) is 4.95. The molecule has 1 aliphatic rings. The summed E-state index contributed by atoms with van der Waals surface area (Å²) < 4.78 is 16.5. The summed E-state index contributed by atoms with van der Waals surface area (Å²) in [6.45, 7) is 5.04. The molecule has 3 aromatic rings. The molecule has 1 amide bonds. The van der Waals surface area contributed by atoms with Crippen molar-refractivity contribution in [2.24, 2.45) is 0 Å². The molecule has 0 radical (unpaired) electrons. The number of hydrogen-bond donors (Lipinski definition) is 0. The third-order valence-electron chi connectivity index (χ3n) is 6.05. The number of ether oxygens (including phenoxy) is 3. The molecule has 0 fully saturated rings. The summed E-state index contributed by atoms with van der Waals surface area (Å²) in [6, 6.07) is 22.1. The van der Waals surface area contributed by atoms with Crippen LogP contribution in [0.5, 0.6) is 5.75 Å². The summed E-state index contributed by atoms with van der Waals surface area (Å²) in [5.41, 5.74) is 2.95. The van der Waals surface area contributed by atoms with Crippen LogP contribution in [-0.4, -0.2) is 55.9 Å². The van der Waals surface area contributed by atoms with Gasteiger partial charge in [-0.3, -0.25) is 9.59 Å². The van der Waals surface area contributed by atoms with E-state index in [0.717, 1.165) is 16.1 Å². The molecule has 7 nitrogen and oxygen atoms in total. The first-order valence-electron chi connectivity index (χ1n) is 12.7. The van der Waals surface area contributed by atoms with Gasteiger partial charge in [-0.1, -0.05) is 42.5 Å². The largest absolute Gasteiger partial charge is 0.492 e. The third kappa shape index (κ3) is 6.82. The van der Waals surface area contributed by atoms with Crippen LogP contribution in [0, 0.1) is 0 Å². The van der Waals surface area contributed by atoms with Crippen LogP contribution in [-0.2, 0) is 25.5 Å². The maximum absolute atomic E-state index is 12.8. The second-order valence-corrected chi connectivity index (χ2v) is 9.62. The molecule has 0 N–H and O–H groups in total. The van der Waals surface area contributed by atoms with Gasteiger partial charge < -0.3 is 19.1 Å². The van der Waals surface area contributed by atoms with Crippen molar-refractivity contribution in [3.05, 3.63) is 89.5 Å². The molecule has 38 heavy (non-hydrogen) atoms. The Morgan fingerprint density at radius 1 is 0.947 bits per heavy atom. The number of anilines is 1. The summed E-state index contributed by atoms with van der Waals surface area (Å²) >= 11 is 1.44. The Morgan fingerprint density at radius 3 is 2.42 bits per heavy atom. The molecular weight excluding hydrogens is 502 g/mol. The normalized spacial score (nSPS) is 13.5. The minimum atomic E-state index is -0.640. The average molecular weight is 534 g/mol. The van der Waals surface area contributed by atoms with Gasteiger partial charge >= 0.3 is 5.97 Å². The number of benzene rings is 3. The maximum Gasteiger partial charge on any atom is 0.335 e. The highest BCUT2D eigenvalue weighted by Gasteiger charge is 2.26. The Hall–Kier alpha value is -3.62. The van der Waals surface area contributed by atoms with Gasteiger partial charge in [0.2, 0.25) is 5.91 Å². The molecule has 1 aliphatic heterocycles. The first-order chi connectivity index (χ1) is 18.5. The van der Waals surface area contributed by atoms with Crippen molar-refractivity contribution in [1.82, 2.24) is 0 Å². The zero-order valence-electron chi connectivity index (χ0n) is 21.6. The fraction of sp³-hybridized carbons (Fsp3) is 0.300. The van der Waals surface area contributed by atoms with E-state index in [0.29, 0.717) is 55.4 Å². The van der Waals surface area contributed by atoms with Crippen molar-refractivity contribution >= 4 is 35.1 Å². The minimum Gasteiger partial charge on any atom is -0.492 e. The van der Waals surface area contributed by atoms with Crippen LogP contribution < -0.4 is 9.64 Å². The number of amides is 1. The van der Waals surface area contributed by atoms with Crippen LogP contribution in [0.3, 0.4) is 0 Å². The Morgan fingerprint density at radius 2 is 1.71 bits per heavy atom. The van der Waals surface area contributed by atoms with E-state index < -0.39 is 6.10 Å². The molecule has 0 aliphatic carbocycles. The first kappa shape index (κ1) is 27.4. The zero-order chi connectivity index (χ0) is 26.9. The van der Waals surface area contributed by atoms with Crippen LogP contribution in [0.25, 0.3) is 0 Å². The quantitative estimate of drug-likeness (QED) is 0.241. The number of fused-ring (bicyclic) bond motifs is 1. The van der Waals surface area contributed by atoms with Crippen molar-refractivity contribution < 1.29 is 28.6 Å². The van der Waals surface area contributed by atoms with E-state index in [1.165, 1.54) is 11.8 Å². The van der Waals surface area contributed by atoms with Gasteiger partial charge in [0.1, 0.15) is 12.4 Å². The maximum atomic E-state index is 12.8. The molecule has 4 rings (SSSR count). The average Bonchev–Trinajstić information content (AvgIpc) is 2.94. The van der Waals surface area contributed by atoms with Gasteiger partial charge in [-0.05, 0) is 49.7 Å². The number of ketones is 1. The van der Waals surface area contributed by atoms with Crippen molar-refractivity contribution in [3.63, 3.8) is 0 Å². The van der Waals surface area contributed by atoms with Crippen molar-refractivity contribution in [1.29, 1.82) is 0 Å². The summed E-state index contributed by atoms with van der Waals surface area (Å²) in [4.78, 5) is 40.2.